The summed E-state index contributed by atoms with van der Waals surface area (Å²) in [6, 6.07) is 2.64. The summed E-state index contributed by atoms with van der Waals surface area (Å²) in [6.07, 6.45) is 8.78. The van der Waals surface area contributed by atoms with Crippen molar-refractivity contribution in [3.8, 4) is 0 Å². The van der Waals surface area contributed by atoms with Gasteiger partial charge in [-0.3, -0.25) is 0 Å². The van der Waals surface area contributed by atoms with Gasteiger partial charge in [-0.25, -0.2) is 0 Å². The monoisotopic (exact) mass is 260 g/mol. The Morgan fingerprint density at radius 3 is 1.82 bits per heavy atom. The lowest BCUT2D eigenvalue weighted by atomic mass is 10.2. The molecule has 0 radical (unpaired) electrons. The molecular weight excluding hydrogens is 228 g/mol. The van der Waals surface area contributed by atoms with Crippen molar-refractivity contribution in [1.82, 2.24) is 0 Å². The fraction of sp³-hybridized carbons (Fsp3) is 1.00. The van der Waals surface area contributed by atoms with E-state index in [2.05, 4.69) is 20.8 Å². The Morgan fingerprint density at radius 2 is 1.41 bits per heavy atom. The van der Waals surface area contributed by atoms with Gasteiger partial charge >= 0.3 is 0 Å². The molecule has 2 nitrogen and oxygen atoms in total. The summed E-state index contributed by atoms with van der Waals surface area (Å²) in [5.74, 6) is 0. The molecule has 0 aromatic carbocycles. The Balaban J connectivity index is 3.97. The van der Waals surface area contributed by atoms with E-state index in [1.165, 1.54) is 50.6 Å². The van der Waals surface area contributed by atoms with Crippen LogP contribution in [0.15, 0.2) is 0 Å². The fourth-order valence-corrected chi connectivity index (χ4v) is 4.94. The Morgan fingerprint density at radius 1 is 0.882 bits per heavy atom. The maximum Gasteiger partial charge on any atom is 0.180 e. The Kier molecular flexibility index (Phi) is 12.7. The van der Waals surface area contributed by atoms with E-state index in [4.69, 9.17) is 9.16 Å². The lowest BCUT2D eigenvalue weighted by Crippen LogP contribution is -2.27. The average molecular weight is 260 g/mol. The van der Waals surface area contributed by atoms with E-state index in [-0.39, 0.29) is 6.29 Å². The van der Waals surface area contributed by atoms with Crippen LogP contribution in [-0.2, 0) is 9.16 Å². The molecule has 17 heavy (non-hydrogen) atoms. The summed E-state index contributed by atoms with van der Waals surface area (Å²) in [5.41, 5.74) is 0. The summed E-state index contributed by atoms with van der Waals surface area (Å²) >= 11 is 0. The van der Waals surface area contributed by atoms with Gasteiger partial charge in [0.2, 0.25) is 0 Å². The van der Waals surface area contributed by atoms with Gasteiger partial charge in [-0.15, -0.1) is 0 Å². The predicted molar refractivity (Wildman–Crippen MR) is 78.0 cm³/mol. The molecule has 3 heteroatoms. The maximum absolute atomic E-state index is 6.22. The molecule has 0 aliphatic heterocycles. The normalized spacial score (nSPS) is 13.2. The van der Waals surface area contributed by atoms with Crippen LogP contribution in [0.5, 0.6) is 0 Å². The molecule has 0 aromatic rings. The van der Waals surface area contributed by atoms with E-state index >= 15 is 0 Å². The Hall–Kier alpha value is 0.137. The van der Waals surface area contributed by atoms with Gasteiger partial charge in [0.15, 0.2) is 9.04 Å². The summed E-state index contributed by atoms with van der Waals surface area (Å²) in [5, 5.41) is 0. The van der Waals surface area contributed by atoms with Crippen molar-refractivity contribution < 1.29 is 9.16 Å². The highest BCUT2D eigenvalue weighted by Gasteiger charge is 2.16. The minimum absolute atomic E-state index is 0.0697. The highest BCUT2D eigenvalue weighted by atomic mass is 28.3. The predicted octanol–water partition coefficient (Wildman–Crippen LogP) is 4.49. The van der Waals surface area contributed by atoms with E-state index in [1.807, 2.05) is 0 Å². The smallest absolute Gasteiger partial charge is 0.180 e. The molecule has 0 aliphatic rings. The zero-order valence-electron chi connectivity index (χ0n) is 12.3. The topological polar surface area (TPSA) is 18.5 Å². The van der Waals surface area contributed by atoms with Crippen LogP contribution in [0.1, 0.15) is 65.7 Å². The van der Waals surface area contributed by atoms with Gasteiger partial charge in [0.1, 0.15) is 6.29 Å². The molecule has 0 saturated carbocycles. The second kappa shape index (κ2) is 12.6. The molecule has 0 N–H and O–H groups in total. The quantitative estimate of drug-likeness (QED) is 0.380. The van der Waals surface area contributed by atoms with E-state index in [1.54, 1.807) is 7.11 Å². The molecule has 0 spiro atoms. The van der Waals surface area contributed by atoms with Crippen LogP contribution in [0.4, 0.5) is 0 Å². The van der Waals surface area contributed by atoms with Gasteiger partial charge in [0.05, 0.1) is 0 Å². The molecule has 0 bridgehead atoms. The third kappa shape index (κ3) is 9.80. The molecule has 0 amide bonds. The summed E-state index contributed by atoms with van der Waals surface area (Å²) < 4.78 is 11.7. The van der Waals surface area contributed by atoms with Gasteiger partial charge in [0.25, 0.3) is 0 Å². The van der Waals surface area contributed by atoms with Crippen molar-refractivity contribution in [2.45, 2.75) is 84.1 Å². The fourth-order valence-electron chi connectivity index (χ4n) is 1.97. The third-order valence-corrected chi connectivity index (χ3v) is 5.95. The van der Waals surface area contributed by atoms with Crippen molar-refractivity contribution >= 4 is 9.04 Å². The number of hydrogen-bond acceptors (Lipinski definition) is 2. The molecule has 0 aliphatic carbocycles. The molecule has 0 rings (SSSR count). The Bertz CT molecular complexity index is 145. The molecule has 0 aromatic heterocycles. The zero-order valence-corrected chi connectivity index (χ0v) is 13.5. The first-order valence-electron chi connectivity index (χ1n) is 7.46. The summed E-state index contributed by atoms with van der Waals surface area (Å²) in [7, 11) is 0.771. The molecule has 1 atom stereocenters. The van der Waals surface area contributed by atoms with Crippen LogP contribution in [-0.4, -0.2) is 22.4 Å². The lowest BCUT2D eigenvalue weighted by Gasteiger charge is -2.23. The number of methoxy groups -OCH3 is 1. The number of rotatable bonds is 12. The van der Waals surface area contributed by atoms with Gasteiger partial charge in [0, 0.05) is 7.11 Å². The van der Waals surface area contributed by atoms with Crippen molar-refractivity contribution in [2.75, 3.05) is 7.11 Å². The second-order valence-electron chi connectivity index (χ2n) is 4.85. The van der Waals surface area contributed by atoms with Crippen LogP contribution in [0.3, 0.4) is 0 Å². The number of unbranched alkanes of at least 4 members (excludes halogenated alkanes) is 3. The minimum atomic E-state index is -1.01. The van der Waals surface area contributed by atoms with Gasteiger partial charge in [-0.05, 0) is 24.9 Å². The number of hydrogen-bond donors (Lipinski definition) is 0. The molecule has 0 heterocycles. The van der Waals surface area contributed by atoms with Crippen LogP contribution >= 0.6 is 0 Å². The van der Waals surface area contributed by atoms with Gasteiger partial charge < -0.3 is 9.16 Å². The van der Waals surface area contributed by atoms with Crippen LogP contribution in [0.2, 0.25) is 12.1 Å². The van der Waals surface area contributed by atoms with Crippen molar-refractivity contribution in [2.24, 2.45) is 0 Å². The van der Waals surface area contributed by atoms with Crippen LogP contribution in [0.25, 0.3) is 0 Å². The zero-order chi connectivity index (χ0) is 12.9. The largest absolute Gasteiger partial charge is 0.396 e. The van der Waals surface area contributed by atoms with Crippen molar-refractivity contribution in [3.63, 3.8) is 0 Å². The van der Waals surface area contributed by atoms with Crippen LogP contribution < -0.4 is 0 Å². The first-order valence-corrected chi connectivity index (χ1v) is 9.57. The number of ether oxygens (including phenoxy) is 1. The lowest BCUT2D eigenvalue weighted by molar-refractivity contribution is -0.0626. The standard InChI is InChI=1S/C14H32O2Si/c1-5-8-11-14(15-4)16-17(12-9-6-2)13-10-7-3/h14,17H,5-13H2,1-4H3. The minimum Gasteiger partial charge on any atom is -0.396 e. The Labute approximate surface area is 110 Å². The highest BCUT2D eigenvalue weighted by Crippen LogP contribution is 2.16. The van der Waals surface area contributed by atoms with Gasteiger partial charge in [-0.2, -0.15) is 0 Å². The SMILES string of the molecule is CCCCC(OC)O[SiH](CCCC)CCCC. The molecule has 1 unspecified atom stereocenters. The second-order valence-corrected chi connectivity index (χ2v) is 7.52. The molecule has 104 valence electrons. The molecule has 0 fully saturated rings. The van der Waals surface area contributed by atoms with Crippen molar-refractivity contribution in [3.05, 3.63) is 0 Å². The highest BCUT2D eigenvalue weighted by molar-refractivity contribution is 6.51. The van der Waals surface area contributed by atoms with Crippen LogP contribution in [0, 0.1) is 0 Å². The summed E-state index contributed by atoms with van der Waals surface area (Å²) in [6.45, 7) is 6.74. The maximum atomic E-state index is 6.22. The van der Waals surface area contributed by atoms with E-state index in [0.29, 0.717) is 0 Å². The van der Waals surface area contributed by atoms with Gasteiger partial charge in [-0.1, -0.05) is 52.9 Å². The first kappa shape index (κ1) is 17.1. The van der Waals surface area contributed by atoms with E-state index in [0.717, 1.165) is 6.42 Å². The average Bonchev–Trinajstić information content (AvgIpc) is 2.36. The van der Waals surface area contributed by atoms with E-state index < -0.39 is 9.04 Å². The van der Waals surface area contributed by atoms with E-state index in [9.17, 15) is 0 Å². The third-order valence-electron chi connectivity index (χ3n) is 3.16. The summed E-state index contributed by atoms with van der Waals surface area (Å²) in [4.78, 5) is 0. The van der Waals surface area contributed by atoms with Crippen molar-refractivity contribution in [1.29, 1.82) is 0 Å². The first-order chi connectivity index (χ1) is 8.28. The molecule has 0 saturated heterocycles. The molecular formula is C14H32O2Si.